The number of nitrogens with two attached hydrogens (primary N) is 1. The molecule has 112 valence electrons. The highest BCUT2D eigenvalue weighted by atomic mass is 16.2. The first-order valence-electron chi connectivity index (χ1n) is 8.09. The Hall–Kier alpha value is -0.570. The first kappa shape index (κ1) is 16.5. The zero-order valence-corrected chi connectivity index (χ0v) is 13.2. The minimum absolute atomic E-state index is 0.0528. The van der Waals surface area contributed by atoms with E-state index in [0.29, 0.717) is 17.7 Å². The fourth-order valence-electron chi connectivity index (χ4n) is 3.20. The van der Waals surface area contributed by atoms with Crippen molar-refractivity contribution in [2.45, 2.75) is 65.8 Å². The van der Waals surface area contributed by atoms with Crippen LogP contribution in [0.4, 0.5) is 0 Å². The molecular weight excluding hydrogens is 236 g/mol. The lowest BCUT2D eigenvalue weighted by Crippen LogP contribution is -2.49. The second-order valence-corrected chi connectivity index (χ2v) is 6.15. The summed E-state index contributed by atoms with van der Waals surface area (Å²) in [6.45, 7) is 10.4. The SMILES string of the molecule is CCC(CC)CN(CC)C(=O)C1CCCC(C)C1N. The number of rotatable bonds is 6. The van der Waals surface area contributed by atoms with E-state index < -0.39 is 0 Å². The molecule has 3 atom stereocenters. The highest BCUT2D eigenvalue weighted by molar-refractivity contribution is 5.79. The highest BCUT2D eigenvalue weighted by Crippen LogP contribution is 2.29. The predicted molar refractivity (Wildman–Crippen MR) is 80.8 cm³/mol. The number of carbonyl (C=O) groups is 1. The van der Waals surface area contributed by atoms with E-state index in [-0.39, 0.29) is 12.0 Å². The zero-order chi connectivity index (χ0) is 14.4. The molecule has 19 heavy (non-hydrogen) atoms. The maximum atomic E-state index is 12.7. The third-order valence-corrected chi connectivity index (χ3v) is 4.94. The molecule has 0 aromatic rings. The molecule has 1 aliphatic rings. The Morgan fingerprint density at radius 3 is 2.42 bits per heavy atom. The summed E-state index contributed by atoms with van der Waals surface area (Å²) in [5, 5.41) is 0. The van der Waals surface area contributed by atoms with Crippen molar-refractivity contribution in [1.29, 1.82) is 0 Å². The third-order valence-electron chi connectivity index (χ3n) is 4.94. The van der Waals surface area contributed by atoms with Gasteiger partial charge < -0.3 is 10.6 Å². The van der Waals surface area contributed by atoms with Gasteiger partial charge in [0.05, 0.1) is 5.92 Å². The molecule has 0 aromatic heterocycles. The number of hydrogen-bond acceptors (Lipinski definition) is 2. The molecular formula is C16H32N2O. The lowest BCUT2D eigenvalue weighted by molar-refractivity contribution is -0.138. The van der Waals surface area contributed by atoms with Crippen LogP contribution in [-0.2, 0) is 4.79 Å². The fourth-order valence-corrected chi connectivity index (χ4v) is 3.20. The molecule has 0 heterocycles. The lowest BCUT2D eigenvalue weighted by Gasteiger charge is -2.37. The molecule has 3 heteroatoms. The number of carbonyl (C=O) groups excluding carboxylic acids is 1. The van der Waals surface area contributed by atoms with E-state index in [1.54, 1.807) is 0 Å². The number of nitrogens with zero attached hydrogens (tertiary/aromatic N) is 1. The minimum Gasteiger partial charge on any atom is -0.342 e. The van der Waals surface area contributed by atoms with Crippen LogP contribution in [0.25, 0.3) is 0 Å². The van der Waals surface area contributed by atoms with E-state index in [4.69, 9.17) is 5.73 Å². The molecule has 0 spiro atoms. The van der Waals surface area contributed by atoms with Crippen molar-refractivity contribution < 1.29 is 4.79 Å². The molecule has 1 amide bonds. The van der Waals surface area contributed by atoms with Crippen LogP contribution in [0.3, 0.4) is 0 Å². The van der Waals surface area contributed by atoms with Crippen molar-refractivity contribution in [3.63, 3.8) is 0 Å². The summed E-state index contributed by atoms with van der Waals surface area (Å²) in [4.78, 5) is 14.7. The molecule has 1 saturated carbocycles. The van der Waals surface area contributed by atoms with Gasteiger partial charge in [-0.05, 0) is 31.6 Å². The molecule has 1 fully saturated rings. The summed E-state index contributed by atoms with van der Waals surface area (Å²) < 4.78 is 0. The average molecular weight is 268 g/mol. The van der Waals surface area contributed by atoms with Crippen LogP contribution in [0, 0.1) is 17.8 Å². The Bertz CT molecular complexity index is 276. The molecule has 2 N–H and O–H groups in total. The average Bonchev–Trinajstić information content (AvgIpc) is 2.43. The fraction of sp³-hybridized carbons (Fsp3) is 0.938. The molecule has 3 unspecified atom stereocenters. The first-order valence-corrected chi connectivity index (χ1v) is 8.09. The normalized spacial score (nSPS) is 27.6. The van der Waals surface area contributed by atoms with E-state index in [9.17, 15) is 4.79 Å². The Balaban J connectivity index is 2.66. The summed E-state index contributed by atoms with van der Waals surface area (Å²) in [6, 6.07) is 0.0528. The van der Waals surface area contributed by atoms with Crippen molar-refractivity contribution >= 4 is 5.91 Å². The van der Waals surface area contributed by atoms with Gasteiger partial charge in [-0.1, -0.05) is 40.0 Å². The smallest absolute Gasteiger partial charge is 0.227 e. The molecule has 1 aliphatic carbocycles. The van der Waals surface area contributed by atoms with Crippen LogP contribution < -0.4 is 5.73 Å². The summed E-state index contributed by atoms with van der Waals surface area (Å²) in [6.07, 6.45) is 5.59. The van der Waals surface area contributed by atoms with Crippen LogP contribution in [0.5, 0.6) is 0 Å². The van der Waals surface area contributed by atoms with Gasteiger partial charge in [-0.15, -0.1) is 0 Å². The largest absolute Gasteiger partial charge is 0.342 e. The summed E-state index contributed by atoms with van der Waals surface area (Å²) in [7, 11) is 0. The topological polar surface area (TPSA) is 46.3 Å². The van der Waals surface area contributed by atoms with Crippen molar-refractivity contribution in [3.05, 3.63) is 0 Å². The first-order chi connectivity index (χ1) is 9.04. The van der Waals surface area contributed by atoms with Gasteiger partial charge in [-0.3, -0.25) is 4.79 Å². The van der Waals surface area contributed by atoms with Crippen molar-refractivity contribution in [2.24, 2.45) is 23.5 Å². The molecule has 3 nitrogen and oxygen atoms in total. The van der Waals surface area contributed by atoms with Crippen LogP contribution in [0.1, 0.15) is 59.8 Å². The second-order valence-electron chi connectivity index (χ2n) is 6.15. The van der Waals surface area contributed by atoms with Crippen LogP contribution in [0.15, 0.2) is 0 Å². The van der Waals surface area contributed by atoms with Gasteiger partial charge in [0.15, 0.2) is 0 Å². The van der Waals surface area contributed by atoms with Gasteiger partial charge in [0.2, 0.25) is 5.91 Å². The summed E-state index contributed by atoms with van der Waals surface area (Å²) >= 11 is 0. The van der Waals surface area contributed by atoms with Gasteiger partial charge in [0, 0.05) is 19.1 Å². The Kier molecular flexibility index (Phi) is 6.84. The quantitative estimate of drug-likeness (QED) is 0.805. The monoisotopic (exact) mass is 268 g/mol. The predicted octanol–water partition coefficient (Wildman–Crippen LogP) is 3.03. The lowest BCUT2D eigenvalue weighted by atomic mass is 9.77. The van der Waals surface area contributed by atoms with E-state index in [1.807, 2.05) is 4.90 Å². The van der Waals surface area contributed by atoms with Crippen molar-refractivity contribution in [1.82, 2.24) is 4.90 Å². The van der Waals surface area contributed by atoms with Crippen LogP contribution in [0.2, 0.25) is 0 Å². The van der Waals surface area contributed by atoms with Crippen molar-refractivity contribution in [3.8, 4) is 0 Å². The van der Waals surface area contributed by atoms with Gasteiger partial charge >= 0.3 is 0 Å². The highest BCUT2D eigenvalue weighted by Gasteiger charge is 2.35. The molecule has 1 rings (SSSR count). The van der Waals surface area contributed by atoms with E-state index in [1.165, 1.54) is 6.42 Å². The Morgan fingerprint density at radius 1 is 1.26 bits per heavy atom. The summed E-state index contributed by atoms with van der Waals surface area (Å²) in [5.74, 6) is 1.46. The van der Waals surface area contributed by atoms with Gasteiger partial charge in [-0.2, -0.15) is 0 Å². The Labute approximate surface area is 118 Å². The maximum Gasteiger partial charge on any atom is 0.227 e. The van der Waals surface area contributed by atoms with Gasteiger partial charge in [0.25, 0.3) is 0 Å². The van der Waals surface area contributed by atoms with Crippen LogP contribution in [-0.4, -0.2) is 29.9 Å². The standard InChI is InChI=1S/C16H32N2O/c1-5-13(6-2)11-18(7-3)16(19)14-10-8-9-12(4)15(14)17/h12-15H,5-11,17H2,1-4H3. The van der Waals surface area contributed by atoms with E-state index in [0.717, 1.165) is 38.8 Å². The number of amides is 1. The second kappa shape index (κ2) is 7.88. The number of hydrogen-bond donors (Lipinski definition) is 1. The molecule has 0 aromatic carbocycles. The third kappa shape index (κ3) is 4.20. The molecule has 0 aliphatic heterocycles. The van der Waals surface area contributed by atoms with E-state index >= 15 is 0 Å². The van der Waals surface area contributed by atoms with Gasteiger partial charge in [0.1, 0.15) is 0 Å². The molecule has 0 saturated heterocycles. The van der Waals surface area contributed by atoms with E-state index in [2.05, 4.69) is 27.7 Å². The minimum atomic E-state index is 0.0528. The summed E-state index contributed by atoms with van der Waals surface area (Å²) in [5.41, 5.74) is 6.26. The molecule has 0 bridgehead atoms. The molecule has 0 radical (unpaired) electrons. The van der Waals surface area contributed by atoms with Crippen LogP contribution >= 0.6 is 0 Å². The Morgan fingerprint density at radius 2 is 1.89 bits per heavy atom. The van der Waals surface area contributed by atoms with Crippen molar-refractivity contribution in [2.75, 3.05) is 13.1 Å². The zero-order valence-electron chi connectivity index (χ0n) is 13.2. The van der Waals surface area contributed by atoms with Gasteiger partial charge in [-0.25, -0.2) is 0 Å². The maximum absolute atomic E-state index is 12.7.